The van der Waals surface area contributed by atoms with Crippen molar-refractivity contribution >= 4 is 0 Å². The molecule has 0 aromatic heterocycles. The van der Waals surface area contributed by atoms with Crippen LogP contribution in [0.5, 0.6) is 5.75 Å². The van der Waals surface area contributed by atoms with Crippen molar-refractivity contribution in [1.82, 2.24) is 0 Å². The highest BCUT2D eigenvalue weighted by Crippen LogP contribution is 2.22. The molecule has 0 aliphatic heterocycles. The fourth-order valence-electron chi connectivity index (χ4n) is 1.54. The number of hydrogen-bond donors (Lipinski definition) is 2. The van der Waals surface area contributed by atoms with Gasteiger partial charge >= 0.3 is 0 Å². The quantitative estimate of drug-likeness (QED) is 0.827. The van der Waals surface area contributed by atoms with E-state index in [4.69, 9.17) is 10.5 Å². The molecule has 0 bridgehead atoms. The lowest BCUT2D eigenvalue weighted by Crippen LogP contribution is -2.45. The topological polar surface area (TPSA) is 55.5 Å². The first kappa shape index (κ1) is 13.9. The first-order valence-electron chi connectivity index (χ1n) is 5.75. The van der Waals surface area contributed by atoms with Crippen molar-refractivity contribution in [2.45, 2.75) is 32.9 Å². The molecule has 17 heavy (non-hydrogen) atoms. The maximum atomic E-state index is 13.7. The summed E-state index contributed by atoms with van der Waals surface area (Å²) < 4.78 is 19.2. The molecule has 1 aromatic rings. The molecule has 0 amide bonds. The van der Waals surface area contributed by atoms with Crippen molar-refractivity contribution in [3.8, 4) is 5.75 Å². The highest BCUT2D eigenvalue weighted by Gasteiger charge is 2.23. The Bertz CT molecular complexity index is 368. The molecule has 2 unspecified atom stereocenters. The third kappa shape index (κ3) is 3.41. The molecule has 3 nitrogen and oxygen atoms in total. The molecule has 3 N–H and O–H groups in total. The van der Waals surface area contributed by atoms with Crippen molar-refractivity contribution in [2.24, 2.45) is 11.7 Å². The molecule has 0 aliphatic carbocycles. The van der Waals surface area contributed by atoms with Crippen molar-refractivity contribution < 1.29 is 14.2 Å². The Morgan fingerprint density at radius 3 is 2.59 bits per heavy atom. The van der Waals surface area contributed by atoms with E-state index >= 15 is 0 Å². The molecule has 2 atom stereocenters. The summed E-state index contributed by atoms with van der Waals surface area (Å²) in [5.74, 6) is -0.109. The Labute approximate surface area is 101 Å². The number of aryl methyl sites for hydroxylation is 1. The van der Waals surface area contributed by atoms with Crippen LogP contribution in [0, 0.1) is 18.7 Å². The summed E-state index contributed by atoms with van der Waals surface area (Å²) in [7, 11) is 0. The number of hydrogen-bond acceptors (Lipinski definition) is 3. The van der Waals surface area contributed by atoms with E-state index < -0.39 is 11.9 Å². The third-order valence-corrected chi connectivity index (χ3v) is 2.81. The van der Waals surface area contributed by atoms with Crippen LogP contribution >= 0.6 is 0 Å². The van der Waals surface area contributed by atoms with Crippen LogP contribution in [0.15, 0.2) is 18.2 Å². The molecule has 4 heteroatoms. The van der Waals surface area contributed by atoms with Crippen LogP contribution in [0.2, 0.25) is 0 Å². The van der Waals surface area contributed by atoms with E-state index in [1.165, 1.54) is 6.07 Å². The van der Waals surface area contributed by atoms with E-state index in [9.17, 15) is 9.50 Å². The minimum absolute atomic E-state index is 0.139. The van der Waals surface area contributed by atoms with Gasteiger partial charge in [-0.15, -0.1) is 0 Å². The molecule has 0 fully saturated rings. The summed E-state index contributed by atoms with van der Waals surface area (Å²) in [6.07, 6.45) is -0.591. The van der Waals surface area contributed by atoms with Crippen LogP contribution in [0.1, 0.15) is 19.4 Å². The Hall–Kier alpha value is -1.13. The Morgan fingerprint density at radius 2 is 2.06 bits per heavy atom. The minimum Gasteiger partial charge on any atom is -0.483 e. The van der Waals surface area contributed by atoms with Crippen molar-refractivity contribution in [3.05, 3.63) is 29.6 Å². The van der Waals surface area contributed by atoms with Gasteiger partial charge in [0.2, 0.25) is 0 Å². The average molecular weight is 241 g/mol. The summed E-state index contributed by atoms with van der Waals surface area (Å²) in [4.78, 5) is 0. The molecule has 1 aromatic carbocycles. The van der Waals surface area contributed by atoms with Gasteiger partial charge in [0.1, 0.15) is 6.10 Å². The molecule has 0 spiro atoms. The first-order valence-corrected chi connectivity index (χ1v) is 5.75. The number of halogens is 1. The predicted molar refractivity (Wildman–Crippen MR) is 65.5 cm³/mol. The second-order valence-electron chi connectivity index (χ2n) is 4.55. The lowest BCUT2D eigenvalue weighted by atomic mass is 10.00. The summed E-state index contributed by atoms with van der Waals surface area (Å²) in [6.45, 7) is 5.30. The smallest absolute Gasteiger partial charge is 0.167 e. The molecule has 1 rings (SSSR count). The van der Waals surface area contributed by atoms with Crippen LogP contribution in [-0.4, -0.2) is 23.9 Å². The molecule has 0 aliphatic rings. The fraction of sp³-hybridized carbons (Fsp3) is 0.538. The number of benzene rings is 1. The van der Waals surface area contributed by atoms with Gasteiger partial charge in [-0.1, -0.05) is 26.0 Å². The van der Waals surface area contributed by atoms with Gasteiger partial charge in [-0.2, -0.15) is 0 Å². The number of aliphatic hydroxyl groups excluding tert-OH is 1. The highest BCUT2D eigenvalue weighted by atomic mass is 19.1. The Balaban J connectivity index is 2.84. The molecule has 0 radical (unpaired) electrons. The standard InChI is InChI=1S/C13H20FNO2/c1-8(2)13(15)11(7-16)17-10-6-4-5-9(3)12(10)14/h4-6,8,11,13,16H,7,15H2,1-3H3. The number of nitrogens with two attached hydrogens (primary N) is 1. The highest BCUT2D eigenvalue weighted by molar-refractivity contribution is 5.30. The molecular formula is C13H20FNO2. The molecule has 0 heterocycles. The van der Waals surface area contributed by atoms with E-state index in [-0.39, 0.29) is 24.3 Å². The van der Waals surface area contributed by atoms with Crippen LogP contribution < -0.4 is 10.5 Å². The van der Waals surface area contributed by atoms with Gasteiger partial charge in [-0.05, 0) is 24.5 Å². The van der Waals surface area contributed by atoms with Gasteiger partial charge in [0.05, 0.1) is 6.61 Å². The lowest BCUT2D eigenvalue weighted by Gasteiger charge is -2.26. The molecule has 0 saturated carbocycles. The SMILES string of the molecule is Cc1cccc(OC(CO)C(N)C(C)C)c1F. The first-order chi connectivity index (χ1) is 7.97. The zero-order valence-electron chi connectivity index (χ0n) is 10.5. The number of rotatable bonds is 5. The van der Waals surface area contributed by atoms with Crippen LogP contribution in [-0.2, 0) is 0 Å². The number of aliphatic hydroxyl groups is 1. The zero-order valence-corrected chi connectivity index (χ0v) is 10.5. The van der Waals surface area contributed by atoms with Gasteiger partial charge < -0.3 is 15.6 Å². The molecule has 96 valence electrons. The Kier molecular flexibility index (Phi) is 4.90. The van der Waals surface area contributed by atoms with E-state index in [1.807, 2.05) is 13.8 Å². The van der Waals surface area contributed by atoms with Crippen molar-refractivity contribution in [1.29, 1.82) is 0 Å². The number of ether oxygens (including phenoxy) is 1. The maximum absolute atomic E-state index is 13.7. The second kappa shape index (κ2) is 5.98. The summed E-state index contributed by atoms with van der Waals surface area (Å²) in [5.41, 5.74) is 6.41. The van der Waals surface area contributed by atoms with Gasteiger partial charge in [-0.3, -0.25) is 0 Å². The van der Waals surface area contributed by atoms with Crippen molar-refractivity contribution in [2.75, 3.05) is 6.61 Å². The molecular weight excluding hydrogens is 221 g/mol. The third-order valence-electron chi connectivity index (χ3n) is 2.81. The van der Waals surface area contributed by atoms with Gasteiger partial charge in [0, 0.05) is 6.04 Å². The average Bonchev–Trinajstić information content (AvgIpc) is 2.30. The van der Waals surface area contributed by atoms with E-state index in [1.54, 1.807) is 19.1 Å². The van der Waals surface area contributed by atoms with E-state index in [2.05, 4.69) is 0 Å². The van der Waals surface area contributed by atoms with Gasteiger partial charge in [0.25, 0.3) is 0 Å². The summed E-state index contributed by atoms with van der Waals surface area (Å²) in [6, 6.07) is 4.58. The van der Waals surface area contributed by atoms with Crippen LogP contribution in [0.4, 0.5) is 4.39 Å². The summed E-state index contributed by atoms with van der Waals surface area (Å²) in [5, 5.41) is 9.24. The maximum Gasteiger partial charge on any atom is 0.167 e. The minimum atomic E-state index is -0.591. The Morgan fingerprint density at radius 1 is 1.41 bits per heavy atom. The predicted octanol–water partition coefficient (Wildman–Crippen LogP) is 1.86. The monoisotopic (exact) mass is 241 g/mol. The van der Waals surface area contributed by atoms with Crippen LogP contribution in [0.3, 0.4) is 0 Å². The van der Waals surface area contributed by atoms with Gasteiger partial charge in [0.15, 0.2) is 11.6 Å². The zero-order chi connectivity index (χ0) is 13.0. The van der Waals surface area contributed by atoms with E-state index in [0.717, 1.165) is 0 Å². The van der Waals surface area contributed by atoms with E-state index in [0.29, 0.717) is 5.56 Å². The largest absolute Gasteiger partial charge is 0.483 e. The fourth-order valence-corrected chi connectivity index (χ4v) is 1.54. The normalized spacial score (nSPS) is 14.8. The summed E-state index contributed by atoms with van der Waals surface area (Å²) >= 11 is 0. The lowest BCUT2D eigenvalue weighted by molar-refractivity contribution is 0.0776. The van der Waals surface area contributed by atoms with Crippen LogP contribution in [0.25, 0.3) is 0 Å². The molecule has 0 saturated heterocycles. The second-order valence-corrected chi connectivity index (χ2v) is 4.55. The van der Waals surface area contributed by atoms with Gasteiger partial charge in [-0.25, -0.2) is 4.39 Å². The van der Waals surface area contributed by atoms with Crippen molar-refractivity contribution in [3.63, 3.8) is 0 Å².